The van der Waals surface area contributed by atoms with Gasteiger partial charge in [-0.2, -0.15) is 0 Å². The zero-order valence-electron chi connectivity index (χ0n) is 17.0. The van der Waals surface area contributed by atoms with Gasteiger partial charge in [-0.3, -0.25) is 14.4 Å². The maximum absolute atomic E-state index is 12.3. The van der Waals surface area contributed by atoms with E-state index >= 15 is 0 Å². The Balaban J connectivity index is 1.74. The molecule has 0 spiro atoms. The minimum absolute atomic E-state index is 0.0146. The Kier molecular flexibility index (Phi) is 6.63. The molecule has 1 aromatic carbocycles. The third kappa shape index (κ3) is 5.55. The lowest BCUT2D eigenvalue weighted by Crippen LogP contribution is -2.43. The monoisotopic (exact) mass is 373 g/mol. The van der Waals surface area contributed by atoms with Gasteiger partial charge in [0.15, 0.2) is 0 Å². The molecule has 0 radical (unpaired) electrons. The van der Waals surface area contributed by atoms with Gasteiger partial charge in [0, 0.05) is 37.2 Å². The number of hydrogen-bond donors (Lipinski definition) is 2. The van der Waals surface area contributed by atoms with Gasteiger partial charge in [-0.1, -0.05) is 26.0 Å². The van der Waals surface area contributed by atoms with Crippen molar-refractivity contribution in [1.29, 1.82) is 0 Å². The molecule has 1 aliphatic rings. The lowest BCUT2D eigenvalue weighted by atomic mass is 10.0. The van der Waals surface area contributed by atoms with Crippen LogP contribution in [0.5, 0.6) is 0 Å². The Labute approximate surface area is 161 Å². The first kappa shape index (κ1) is 20.9. The summed E-state index contributed by atoms with van der Waals surface area (Å²) in [6, 6.07) is 7.54. The van der Waals surface area contributed by atoms with Gasteiger partial charge in [-0.05, 0) is 44.4 Å². The largest absolute Gasteiger partial charge is 0.354 e. The van der Waals surface area contributed by atoms with E-state index in [-0.39, 0.29) is 35.6 Å². The van der Waals surface area contributed by atoms with Crippen LogP contribution in [-0.4, -0.2) is 47.8 Å². The highest BCUT2D eigenvalue weighted by Gasteiger charge is 2.39. The number of benzene rings is 1. The molecule has 27 heavy (non-hydrogen) atoms. The van der Waals surface area contributed by atoms with Crippen molar-refractivity contribution >= 4 is 17.7 Å². The number of likely N-dealkylation sites (tertiary alicyclic amines) is 1. The maximum Gasteiger partial charge on any atom is 0.251 e. The van der Waals surface area contributed by atoms with Crippen LogP contribution in [0.15, 0.2) is 24.3 Å². The molecule has 0 bridgehead atoms. The molecule has 0 saturated carbocycles. The molecule has 2 rings (SSSR count). The summed E-state index contributed by atoms with van der Waals surface area (Å²) in [6.07, 6.45) is 0.248. The summed E-state index contributed by atoms with van der Waals surface area (Å²) in [5.41, 5.74) is 1.52. The number of carbonyl (C=O) groups excluding carboxylic acids is 3. The highest BCUT2D eigenvalue weighted by molar-refractivity contribution is 5.94. The van der Waals surface area contributed by atoms with Crippen molar-refractivity contribution in [3.8, 4) is 0 Å². The van der Waals surface area contributed by atoms with Crippen molar-refractivity contribution in [2.45, 2.75) is 52.5 Å². The predicted molar refractivity (Wildman–Crippen MR) is 105 cm³/mol. The van der Waals surface area contributed by atoms with Crippen LogP contribution in [0.1, 0.15) is 62.9 Å². The fourth-order valence-electron chi connectivity index (χ4n) is 3.16. The van der Waals surface area contributed by atoms with E-state index in [1.807, 2.05) is 45.0 Å². The van der Waals surface area contributed by atoms with Crippen molar-refractivity contribution < 1.29 is 14.4 Å². The number of hydrogen-bond acceptors (Lipinski definition) is 3. The summed E-state index contributed by atoms with van der Waals surface area (Å²) in [5.74, 6) is -0.175. The molecule has 2 N–H and O–H groups in total. The Hall–Kier alpha value is -2.37. The molecule has 0 aromatic heterocycles. The van der Waals surface area contributed by atoms with Gasteiger partial charge in [0.2, 0.25) is 11.8 Å². The minimum atomic E-state index is -0.323. The molecule has 6 heteroatoms. The summed E-state index contributed by atoms with van der Waals surface area (Å²) in [5, 5.41) is 5.62. The number of nitrogens with zero attached hydrogens (tertiary/aromatic N) is 1. The highest BCUT2D eigenvalue weighted by atomic mass is 16.2. The smallest absolute Gasteiger partial charge is 0.251 e. The van der Waals surface area contributed by atoms with E-state index in [0.29, 0.717) is 31.1 Å². The molecule has 1 aliphatic heterocycles. The normalized spacial score (nSPS) is 17.3. The maximum atomic E-state index is 12.3. The lowest BCUT2D eigenvalue weighted by Gasteiger charge is -2.31. The second kappa shape index (κ2) is 8.55. The molecule has 1 unspecified atom stereocenters. The van der Waals surface area contributed by atoms with E-state index in [0.717, 1.165) is 0 Å². The van der Waals surface area contributed by atoms with E-state index in [1.54, 1.807) is 4.90 Å². The predicted octanol–water partition coefficient (Wildman–Crippen LogP) is 2.30. The first-order valence-corrected chi connectivity index (χ1v) is 9.56. The van der Waals surface area contributed by atoms with Crippen molar-refractivity contribution in [3.63, 3.8) is 0 Å². The van der Waals surface area contributed by atoms with Crippen LogP contribution in [0.25, 0.3) is 0 Å². The number of amides is 3. The van der Waals surface area contributed by atoms with E-state index < -0.39 is 0 Å². The van der Waals surface area contributed by atoms with Gasteiger partial charge in [0.1, 0.15) is 0 Å². The van der Waals surface area contributed by atoms with Crippen LogP contribution >= 0.6 is 0 Å². The average Bonchev–Trinajstić information content (AvgIpc) is 3.00. The Morgan fingerprint density at radius 3 is 2.22 bits per heavy atom. The van der Waals surface area contributed by atoms with Crippen molar-refractivity contribution in [1.82, 2.24) is 15.5 Å². The Morgan fingerprint density at radius 1 is 1.11 bits per heavy atom. The van der Waals surface area contributed by atoms with Gasteiger partial charge < -0.3 is 15.5 Å². The van der Waals surface area contributed by atoms with Crippen molar-refractivity contribution in [2.24, 2.45) is 5.92 Å². The molecular formula is C21H31N3O3. The molecule has 1 heterocycles. The van der Waals surface area contributed by atoms with Gasteiger partial charge in [-0.15, -0.1) is 0 Å². The summed E-state index contributed by atoms with van der Waals surface area (Å²) in [4.78, 5) is 38.2. The third-order valence-corrected chi connectivity index (χ3v) is 4.85. The molecule has 1 saturated heterocycles. The molecule has 1 atom stereocenters. The van der Waals surface area contributed by atoms with E-state index in [9.17, 15) is 14.4 Å². The number of carbonyl (C=O) groups is 3. The summed E-state index contributed by atoms with van der Waals surface area (Å²) < 4.78 is 0. The van der Waals surface area contributed by atoms with Crippen molar-refractivity contribution in [2.75, 3.05) is 19.6 Å². The van der Waals surface area contributed by atoms with Gasteiger partial charge in [-0.25, -0.2) is 0 Å². The molecular weight excluding hydrogens is 342 g/mol. The molecule has 3 amide bonds. The lowest BCUT2D eigenvalue weighted by molar-refractivity contribution is -0.132. The summed E-state index contributed by atoms with van der Waals surface area (Å²) in [6.45, 7) is 11.3. The van der Waals surface area contributed by atoms with Crippen LogP contribution in [-0.2, 0) is 9.59 Å². The molecule has 6 nitrogen and oxygen atoms in total. The molecule has 0 aliphatic carbocycles. The molecule has 1 aromatic rings. The Bertz CT molecular complexity index is 690. The first-order chi connectivity index (χ1) is 12.6. The fraction of sp³-hybridized carbons (Fsp3) is 0.571. The van der Waals surface area contributed by atoms with Crippen LogP contribution < -0.4 is 10.6 Å². The van der Waals surface area contributed by atoms with Crippen LogP contribution in [0, 0.1) is 5.92 Å². The summed E-state index contributed by atoms with van der Waals surface area (Å²) >= 11 is 0. The minimum Gasteiger partial charge on any atom is -0.354 e. The van der Waals surface area contributed by atoms with E-state index in [4.69, 9.17) is 0 Å². The van der Waals surface area contributed by atoms with Gasteiger partial charge >= 0.3 is 0 Å². The highest BCUT2D eigenvalue weighted by Crippen LogP contribution is 2.25. The van der Waals surface area contributed by atoms with E-state index in [1.165, 1.54) is 5.56 Å². The standard InChI is InChI=1S/C21H31N3O3/c1-14(2)15-6-8-16(9-7-15)19(26)22-10-11-23-20(27)17-12-18(25)24(13-17)21(3,4)5/h6-9,14,17H,10-13H2,1-5H3,(H,22,26)(H,23,27). The first-order valence-electron chi connectivity index (χ1n) is 9.56. The SMILES string of the molecule is CC(C)c1ccc(C(=O)NCCNC(=O)C2CC(=O)N(C(C)(C)C)C2)cc1. The number of rotatable bonds is 6. The third-order valence-electron chi connectivity index (χ3n) is 4.85. The molecule has 1 fully saturated rings. The number of nitrogens with one attached hydrogen (secondary N) is 2. The topological polar surface area (TPSA) is 78.5 Å². The second-order valence-electron chi connectivity index (χ2n) is 8.40. The quantitative estimate of drug-likeness (QED) is 0.751. The Morgan fingerprint density at radius 2 is 1.70 bits per heavy atom. The van der Waals surface area contributed by atoms with E-state index in [2.05, 4.69) is 24.5 Å². The summed E-state index contributed by atoms with van der Waals surface area (Å²) in [7, 11) is 0. The van der Waals surface area contributed by atoms with Crippen LogP contribution in [0.4, 0.5) is 0 Å². The molecule has 148 valence electrons. The second-order valence-corrected chi connectivity index (χ2v) is 8.40. The van der Waals surface area contributed by atoms with Crippen LogP contribution in [0.3, 0.4) is 0 Å². The zero-order valence-corrected chi connectivity index (χ0v) is 17.0. The fourth-order valence-corrected chi connectivity index (χ4v) is 3.16. The zero-order chi connectivity index (χ0) is 20.2. The van der Waals surface area contributed by atoms with Gasteiger partial charge in [0.25, 0.3) is 5.91 Å². The van der Waals surface area contributed by atoms with Gasteiger partial charge in [0.05, 0.1) is 5.92 Å². The van der Waals surface area contributed by atoms with Crippen molar-refractivity contribution in [3.05, 3.63) is 35.4 Å². The van der Waals surface area contributed by atoms with Crippen LogP contribution in [0.2, 0.25) is 0 Å². The average molecular weight is 373 g/mol.